The molecule has 1 saturated heterocycles. The molecule has 1 aromatic carbocycles. The van der Waals surface area contributed by atoms with Gasteiger partial charge in [-0.3, -0.25) is 4.79 Å². The fourth-order valence-electron chi connectivity index (χ4n) is 4.20. The van der Waals surface area contributed by atoms with E-state index in [9.17, 15) is 4.79 Å². The lowest BCUT2D eigenvalue weighted by Gasteiger charge is -2.24. The molecule has 6 heteroatoms. The minimum atomic E-state index is -0.456. The van der Waals surface area contributed by atoms with Gasteiger partial charge in [0.05, 0.1) is 18.5 Å². The zero-order valence-corrected chi connectivity index (χ0v) is 20.2. The number of hydrogen-bond acceptors (Lipinski definition) is 4. The fourth-order valence-corrected chi connectivity index (χ4v) is 4.20. The summed E-state index contributed by atoms with van der Waals surface area (Å²) in [4.78, 5) is 17.2. The van der Waals surface area contributed by atoms with Crippen molar-refractivity contribution < 1.29 is 14.3 Å². The Kier molecular flexibility index (Phi) is 7.03. The molecule has 1 aliphatic heterocycles. The van der Waals surface area contributed by atoms with Gasteiger partial charge in [-0.25, -0.2) is 4.98 Å². The second-order valence-electron chi connectivity index (χ2n) is 9.90. The SMILES string of the molecule is CCOc1ccc(Cc2cc3cc(NC(=O)C(C)(C)C)cnc3n2CC2CCOCC2)cc1. The molecule has 1 N–H and O–H groups in total. The first-order chi connectivity index (χ1) is 15.8. The number of rotatable bonds is 7. The van der Waals surface area contributed by atoms with Crippen molar-refractivity contribution in [3.05, 3.63) is 53.9 Å². The maximum Gasteiger partial charge on any atom is 0.229 e. The first kappa shape index (κ1) is 23.3. The molecule has 1 fully saturated rings. The number of anilines is 1. The van der Waals surface area contributed by atoms with Gasteiger partial charge in [0.25, 0.3) is 0 Å². The normalized spacial score (nSPS) is 15.0. The molecule has 6 nitrogen and oxygen atoms in total. The van der Waals surface area contributed by atoms with Crippen LogP contribution in [0.1, 0.15) is 51.8 Å². The number of amides is 1. The topological polar surface area (TPSA) is 65.4 Å². The van der Waals surface area contributed by atoms with Gasteiger partial charge >= 0.3 is 0 Å². The summed E-state index contributed by atoms with van der Waals surface area (Å²) in [5.41, 5.74) is 3.71. The Hall–Kier alpha value is -2.86. The van der Waals surface area contributed by atoms with Gasteiger partial charge < -0.3 is 19.4 Å². The molecule has 33 heavy (non-hydrogen) atoms. The monoisotopic (exact) mass is 449 g/mol. The number of nitrogens with one attached hydrogen (secondary N) is 1. The molecule has 0 bridgehead atoms. The molecule has 1 amide bonds. The lowest BCUT2D eigenvalue weighted by Crippen LogP contribution is -2.27. The van der Waals surface area contributed by atoms with E-state index in [2.05, 4.69) is 28.1 Å². The summed E-state index contributed by atoms with van der Waals surface area (Å²) in [6.07, 6.45) is 4.73. The summed E-state index contributed by atoms with van der Waals surface area (Å²) >= 11 is 0. The molecule has 0 aliphatic carbocycles. The van der Waals surface area contributed by atoms with Crippen LogP contribution in [0.4, 0.5) is 5.69 Å². The Morgan fingerprint density at radius 2 is 1.91 bits per heavy atom. The smallest absolute Gasteiger partial charge is 0.229 e. The van der Waals surface area contributed by atoms with E-state index in [4.69, 9.17) is 14.5 Å². The van der Waals surface area contributed by atoms with Crippen LogP contribution in [-0.2, 0) is 22.5 Å². The van der Waals surface area contributed by atoms with Crippen molar-refractivity contribution in [1.82, 2.24) is 9.55 Å². The Bertz CT molecular complexity index is 1090. The van der Waals surface area contributed by atoms with Gasteiger partial charge in [0, 0.05) is 42.7 Å². The van der Waals surface area contributed by atoms with Crippen molar-refractivity contribution >= 4 is 22.6 Å². The number of nitrogens with zero attached hydrogens (tertiary/aromatic N) is 2. The van der Waals surface area contributed by atoms with Crippen LogP contribution in [0.5, 0.6) is 5.75 Å². The molecule has 0 spiro atoms. The van der Waals surface area contributed by atoms with E-state index in [1.54, 1.807) is 6.20 Å². The number of benzene rings is 1. The summed E-state index contributed by atoms with van der Waals surface area (Å²) in [6.45, 7) is 11.0. The zero-order valence-electron chi connectivity index (χ0n) is 20.2. The standard InChI is InChI=1S/C27H35N3O3/c1-5-33-24-8-6-19(7-9-24)14-23-16-21-15-22(29-26(31)27(2,3)4)17-28-25(21)30(23)18-20-10-12-32-13-11-20/h6-9,15-17,20H,5,10-14,18H2,1-4H3,(H,29,31). The Labute approximate surface area is 196 Å². The highest BCUT2D eigenvalue weighted by Gasteiger charge is 2.22. The molecule has 2 aromatic heterocycles. The van der Waals surface area contributed by atoms with Gasteiger partial charge in [-0.1, -0.05) is 32.9 Å². The largest absolute Gasteiger partial charge is 0.494 e. The maximum absolute atomic E-state index is 12.5. The highest BCUT2D eigenvalue weighted by Crippen LogP contribution is 2.28. The van der Waals surface area contributed by atoms with Crippen molar-refractivity contribution in [2.24, 2.45) is 11.3 Å². The van der Waals surface area contributed by atoms with Crippen LogP contribution < -0.4 is 10.1 Å². The lowest BCUT2D eigenvalue weighted by molar-refractivity contribution is -0.123. The summed E-state index contributed by atoms with van der Waals surface area (Å²) in [5.74, 6) is 1.46. The third kappa shape index (κ3) is 5.74. The molecule has 0 atom stereocenters. The Balaban J connectivity index is 1.64. The average molecular weight is 450 g/mol. The second kappa shape index (κ2) is 9.96. The third-order valence-electron chi connectivity index (χ3n) is 6.16. The number of aromatic nitrogens is 2. The number of carbonyl (C=O) groups is 1. The van der Waals surface area contributed by atoms with Crippen molar-refractivity contribution in [1.29, 1.82) is 0 Å². The van der Waals surface area contributed by atoms with Gasteiger partial charge in [-0.15, -0.1) is 0 Å². The van der Waals surface area contributed by atoms with Crippen molar-refractivity contribution in [3.8, 4) is 5.75 Å². The highest BCUT2D eigenvalue weighted by molar-refractivity contribution is 5.96. The van der Waals surface area contributed by atoms with E-state index in [0.29, 0.717) is 12.5 Å². The van der Waals surface area contributed by atoms with Gasteiger partial charge in [-0.2, -0.15) is 0 Å². The Morgan fingerprint density at radius 3 is 2.58 bits per heavy atom. The summed E-state index contributed by atoms with van der Waals surface area (Å²) in [5, 5.41) is 4.06. The summed E-state index contributed by atoms with van der Waals surface area (Å²) in [6, 6.07) is 12.6. The molecule has 176 valence electrons. The van der Waals surface area contributed by atoms with E-state index < -0.39 is 5.41 Å². The molecular weight excluding hydrogens is 414 g/mol. The molecule has 4 rings (SSSR count). The Morgan fingerprint density at radius 1 is 1.18 bits per heavy atom. The van der Waals surface area contributed by atoms with Crippen LogP contribution in [0.25, 0.3) is 11.0 Å². The third-order valence-corrected chi connectivity index (χ3v) is 6.16. The number of pyridine rings is 1. The maximum atomic E-state index is 12.5. The van der Waals surface area contributed by atoms with E-state index in [0.717, 1.165) is 61.5 Å². The second-order valence-corrected chi connectivity index (χ2v) is 9.90. The summed E-state index contributed by atoms with van der Waals surface area (Å²) < 4.78 is 13.5. The van der Waals surface area contributed by atoms with Crippen molar-refractivity contribution in [3.63, 3.8) is 0 Å². The number of ether oxygens (including phenoxy) is 2. The van der Waals surface area contributed by atoms with Crippen molar-refractivity contribution in [2.45, 2.75) is 53.5 Å². The fraction of sp³-hybridized carbons (Fsp3) is 0.481. The van der Waals surface area contributed by atoms with E-state index in [1.807, 2.05) is 45.9 Å². The van der Waals surface area contributed by atoms with Gasteiger partial charge in [0.1, 0.15) is 11.4 Å². The van der Waals surface area contributed by atoms with E-state index >= 15 is 0 Å². The lowest BCUT2D eigenvalue weighted by atomic mass is 9.95. The average Bonchev–Trinajstić information content (AvgIpc) is 3.11. The quantitative estimate of drug-likeness (QED) is 0.522. The highest BCUT2D eigenvalue weighted by atomic mass is 16.5. The molecule has 3 heterocycles. The van der Waals surface area contributed by atoms with Crippen molar-refractivity contribution in [2.75, 3.05) is 25.1 Å². The van der Waals surface area contributed by atoms with Crippen LogP contribution in [-0.4, -0.2) is 35.3 Å². The van der Waals surface area contributed by atoms with Crippen LogP contribution in [0, 0.1) is 11.3 Å². The number of hydrogen-bond donors (Lipinski definition) is 1. The molecule has 1 aliphatic rings. The van der Waals surface area contributed by atoms with Crippen LogP contribution >= 0.6 is 0 Å². The molecular formula is C27H35N3O3. The van der Waals surface area contributed by atoms with Crippen LogP contribution in [0.15, 0.2) is 42.6 Å². The van der Waals surface area contributed by atoms with E-state index in [1.165, 1.54) is 11.3 Å². The first-order valence-electron chi connectivity index (χ1n) is 11.9. The van der Waals surface area contributed by atoms with Crippen LogP contribution in [0.3, 0.4) is 0 Å². The molecule has 0 unspecified atom stereocenters. The van der Waals surface area contributed by atoms with Gasteiger partial charge in [0.15, 0.2) is 0 Å². The van der Waals surface area contributed by atoms with Crippen LogP contribution in [0.2, 0.25) is 0 Å². The number of fused-ring (bicyclic) bond motifs is 1. The predicted molar refractivity (Wildman–Crippen MR) is 132 cm³/mol. The molecule has 3 aromatic rings. The molecule has 0 radical (unpaired) electrons. The zero-order chi connectivity index (χ0) is 23.4. The first-order valence-corrected chi connectivity index (χ1v) is 11.9. The number of carbonyl (C=O) groups excluding carboxylic acids is 1. The minimum absolute atomic E-state index is 0.0140. The van der Waals surface area contributed by atoms with Gasteiger partial charge in [0.2, 0.25) is 5.91 Å². The molecule has 0 saturated carbocycles. The van der Waals surface area contributed by atoms with E-state index in [-0.39, 0.29) is 5.91 Å². The summed E-state index contributed by atoms with van der Waals surface area (Å²) in [7, 11) is 0. The van der Waals surface area contributed by atoms with Gasteiger partial charge in [-0.05, 0) is 55.5 Å². The minimum Gasteiger partial charge on any atom is -0.494 e. The predicted octanol–water partition coefficient (Wildman–Crippen LogP) is 5.44.